The van der Waals surface area contributed by atoms with Crippen molar-refractivity contribution in [2.24, 2.45) is 0 Å². The van der Waals surface area contributed by atoms with Crippen molar-refractivity contribution in [2.75, 3.05) is 5.73 Å². The van der Waals surface area contributed by atoms with Gasteiger partial charge in [-0.3, -0.25) is 0 Å². The first-order valence-corrected chi connectivity index (χ1v) is 5.59. The second kappa shape index (κ2) is 4.76. The van der Waals surface area contributed by atoms with Crippen molar-refractivity contribution in [1.29, 1.82) is 0 Å². The summed E-state index contributed by atoms with van der Waals surface area (Å²) >= 11 is 1.35. The van der Waals surface area contributed by atoms with Crippen molar-refractivity contribution >= 4 is 22.5 Å². The van der Waals surface area contributed by atoms with E-state index >= 15 is 0 Å². The molecular weight excluding hydrogens is 222 g/mol. The molecule has 5 heteroatoms. The van der Waals surface area contributed by atoms with Gasteiger partial charge in [0.15, 0.2) is 0 Å². The number of allylic oxidation sites excluding steroid dienone is 1. The van der Waals surface area contributed by atoms with E-state index in [1.165, 1.54) is 11.3 Å². The smallest absolute Gasteiger partial charge is 0.203 e. The van der Waals surface area contributed by atoms with Crippen molar-refractivity contribution in [3.05, 3.63) is 40.9 Å². The van der Waals surface area contributed by atoms with Crippen LogP contribution in [0.3, 0.4) is 0 Å². The summed E-state index contributed by atoms with van der Waals surface area (Å²) in [6, 6.07) is 7.11. The van der Waals surface area contributed by atoms with Gasteiger partial charge in [-0.05, 0) is 30.2 Å². The molecule has 0 aliphatic rings. The summed E-state index contributed by atoms with van der Waals surface area (Å²) in [5, 5.41) is 18.0. The second-order valence-corrected chi connectivity index (χ2v) is 4.29. The van der Waals surface area contributed by atoms with E-state index in [-0.39, 0.29) is 5.75 Å². The number of rotatable bonds is 3. The van der Waals surface area contributed by atoms with Gasteiger partial charge >= 0.3 is 0 Å². The molecule has 2 rings (SSSR count). The number of hydrogen-bond donors (Lipinski definition) is 2. The molecule has 0 radical (unpaired) electrons. The van der Waals surface area contributed by atoms with Gasteiger partial charge in [0.2, 0.25) is 5.13 Å². The van der Waals surface area contributed by atoms with Crippen molar-refractivity contribution < 1.29 is 5.11 Å². The molecule has 1 heterocycles. The monoisotopic (exact) mass is 233 g/mol. The Morgan fingerprint density at radius 3 is 2.62 bits per heavy atom. The number of nitrogens with zero attached hydrogens (tertiary/aromatic N) is 2. The molecule has 1 aromatic heterocycles. The summed E-state index contributed by atoms with van der Waals surface area (Å²) in [5.74, 6) is 0.282. The fourth-order valence-electron chi connectivity index (χ4n) is 1.24. The van der Waals surface area contributed by atoms with Crippen LogP contribution in [0.2, 0.25) is 0 Å². The predicted octanol–water partition coefficient (Wildman–Crippen LogP) is 2.08. The number of phenolic OH excluding ortho intramolecular Hbond substituents is 1. The molecule has 1 aromatic carbocycles. The molecule has 0 atom stereocenters. The van der Waals surface area contributed by atoms with E-state index in [1.807, 2.05) is 24.3 Å². The SMILES string of the molecule is Nc1nnc(/C=C/Cc2ccc(O)cc2)s1. The lowest BCUT2D eigenvalue weighted by Gasteiger charge is -1.95. The largest absolute Gasteiger partial charge is 0.508 e. The summed E-state index contributed by atoms with van der Waals surface area (Å²) < 4.78 is 0. The maximum absolute atomic E-state index is 9.11. The van der Waals surface area contributed by atoms with E-state index in [2.05, 4.69) is 10.2 Å². The molecular formula is C11H11N3OS. The summed E-state index contributed by atoms with van der Waals surface area (Å²) in [4.78, 5) is 0. The van der Waals surface area contributed by atoms with Crippen LogP contribution in [0.5, 0.6) is 5.75 Å². The molecule has 0 saturated heterocycles. The molecule has 0 spiro atoms. The van der Waals surface area contributed by atoms with Crippen LogP contribution in [-0.2, 0) is 6.42 Å². The van der Waals surface area contributed by atoms with E-state index < -0.39 is 0 Å². The highest BCUT2D eigenvalue weighted by molar-refractivity contribution is 7.15. The standard InChI is InChI=1S/C11H11N3OS/c12-11-14-13-10(16-11)3-1-2-8-4-6-9(15)7-5-8/h1,3-7,15H,2H2,(H2,12,14)/b3-1+. The van der Waals surface area contributed by atoms with Gasteiger partial charge in [-0.1, -0.05) is 29.5 Å². The number of anilines is 1. The van der Waals surface area contributed by atoms with Gasteiger partial charge in [-0.15, -0.1) is 10.2 Å². The Balaban J connectivity index is 1.97. The van der Waals surface area contributed by atoms with Gasteiger partial charge in [-0.25, -0.2) is 0 Å². The molecule has 0 amide bonds. The Morgan fingerprint density at radius 1 is 1.25 bits per heavy atom. The van der Waals surface area contributed by atoms with Crippen LogP contribution >= 0.6 is 11.3 Å². The van der Waals surface area contributed by atoms with Gasteiger partial charge in [-0.2, -0.15) is 0 Å². The Labute approximate surface area is 97.1 Å². The number of nitrogen functional groups attached to an aromatic ring is 1. The fraction of sp³-hybridized carbons (Fsp3) is 0.0909. The van der Waals surface area contributed by atoms with Crippen LogP contribution in [0.1, 0.15) is 10.6 Å². The maximum atomic E-state index is 9.11. The van der Waals surface area contributed by atoms with Crippen molar-refractivity contribution in [3.8, 4) is 5.75 Å². The highest BCUT2D eigenvalue weighted by Crippen LogP contribution is 2.14. The lowest BCUT2D eigenvalue weighted by Crippen LogP contribution is -1.80. The zero-order valence-electron chi connectivity index (χ0n) is 8.50. The average Bonchev–Trinajstić information content (AvgIpc) is 2.67. The maximum Gasteiger partial charge on any atom is 0.203 e. The molecule has 0 bridgehead atoms. The number of benzene rings is 1. The lowest BCUT2D eigenvalue weighted by molar-refractivity contribution is 0.475. The van der Waals surface area contributed by atoms with Gasteiger partial charge < -0.3 is 10.8 Å². The third-order valence-corrected chi connectivity index (χ3v) is 2.72. The molecule has 0 saturated carbocycles. The van der Waals surface area contributed by atoms with Gasteiger partial charge in [0.1, 0.15) is 10.8 Å². The molecule has 3 N–H and O–H groups in total. The van der Waals surface area contributed by atoms with Crippen LogP contribution in [0.15, 0.2) is 30.3 Å². The summed E-state index contributed by atoms with van der Waals surface area (Å²) in [6.07, 6.45) is 4.67. The zero-order valence-corrected chi connectivity index (χ0v) is 9.31. The Bertz CT molecular complexity index is 490. The van der Waals surface area contributed by atoms with Crippen molar-refractivity contribution in [3.63, 3.8) is 0 Å². The quantitative estimate of drug-likeness (QED) is 0.851. The fourth-order valence-corrected chi connectivity index (χ4v) is 1.78. The van der Waals surface area contributed by atoms with Crippen LogP contribution in [-0.4, -0.2) is 15.3 Å². The molecule has 4 nitrogen and oxygen atoms in total. The second-order valence-electron chi connectivity index (χ2n) is 3.25. The number of hydrogen-bond acceptors (Lipinski definition) is 5. The van der Waals surface area contributed by atoms with Crippen LogP contribution in [0.4, 0.5) is 5.13 Å². The normalized spacial score (nSPS) is 11.0. The molecule has 0 unspecified atom stereocenters. The van der Waals surface area contributed by atoms with E-state index in [0.717, 1.165) is 17.0 Å². The Kier molecular flexibility index (Phi) is 3.16. The molecule has 82 valence electrons. The minimum atomic E-state index is 0.282. The number of nitrogens with two attached hydrogens (primary N) is 1. The highest BCUT2D eigenvalue weighted by Gasteiger charge is 1.95. The van der Waals surface area contributed by atoms with Crippen molar-refractivity contribution in [1.82, 2.24) is 10.2 Å². The minimum absolute atomic E-state index is 0.282. The zero-order chi connectivity index (χ0) is 11.4. The molecule has 0 aliphatic carbocycles. The lowest BCUT2D eigenvalue weighted by atomic mass is 10.1. The number of aromatic nitrogens is 2. The first-order chi connectivity index (χ1) is 7.74. The molecule has 16 heavy (non-hydrogen) atoms. The average molecular weight is 233 g/mol. The van der Waals surface area contributed by atoms with Crippen molar-refractivity contribution in [2.45, 2.75) is 6.42 Å². The summed E-state index contributed by atoms with van der Waals surface area (Å²) in [5.41, 5.74) is 6.59. The van der Waals surface area contributed by atoms with E-state index in [9.17, 15) is 0 Å². The third kappa shape index (κ3) is 2.80. The topological polar surface area (TPSA) is 72.0 Å². The van der Waals surface area contributed by atoms with Gasteiger partial charge in [0.25, 0.3) is 0 Å². The first kappa shape index (κ1) is 10.6. The molecule has 0 aliphatic heterocycles. The summed E-state index contributed by atoms with van der Waals surface area (Å²) in [6.45, 7) is 0. The molecule has 0 fully saturated rings. The van der Waals surface area contributed by atoms with Crippen LogP contribution < -0.4 is 5.73 Å². The Morgan fingerprint density at radius 2 is 2.00 bits per heavy atom. The number of phenols is 1. The third-order valence-electron chi connectivity index (χ3n) is 2.01. The van der Waals surface area contributed by atoms with Crippen LogP contribution in [0.25, 0.3) is 6.08 Å². The summed E-state index contributed by atoms with van der Waals surface area (Å²) in [7, 11) is 0. The minimum Gasteiger partial charge on any atom is -0.508 e. The van der Waals surface area contributed by atoms with E-state index in [0.29, 0.717) is 5.13 Å². The van der Waals surface area contributed by atoms with Gasteiger partial charge in [0.05, 0.1) is 0 Å². The van der Waals surface area contributed by atoms with E-state index in [4.69, 9.17) is 10.8 Å². The van der Waals surface area contributed by atoms with Crippen LogP contribution in [0, 0.1) is 0 Å². The predicted molar refractivity (Wildman–Crippen MR) is 65.2 cm³/mol. The van der Waals surface area contributed by atoms with Gasteiger partial charge in [0, 0.05) is 0 Å². The van der Waals surface area contributed by atoms with E-state index in [1.54, 1.807) is 12.1 Å². The first-order valence-electron chi connectivity index (χ1n) is 4.77. The highest BCUT2D eigenvalue weighted by atomic mass is 32.1. The molecule has 2 aromatic rings. The number of aromatic hydroxyl groups is 1. The Hall–Kier alpha value is -1.88.